The molecule has 0 saturated carbocycles. The minimum Gasteiger partial charge on any atom is -0.475 e. The molecule has 2 aromatic rings. The standard InChI is InChI=1S/C19H19N5O.2C2HF3O2/c20-11-15-4-5-17(22-12-15)23-9-2-6-19(14-23)7-10-24(18(19)25)16-3-1-8-21-13-16;2*3-2(4,5)1(6)7/h1,3-5,8,12-13H,2,6-7,9-10,14H2;2*(H,6,7). The lowest BCUT2D eigenvalue weighted by molar-refractivity contribution is -0.193. The van der Waals surface area contributed by atoms with E-state index in [0.29, 0.717) is 12.1 Å². The number of pyridine rings is 2. The molecule has 39 heavy (non-hydrogen) atoms. The Morgan fingerprint density at radius 2 is 1.59 bits per heavy atom. The van der Waals surface area contributed by atoms with E-state index in [9.17, 15) is 31.1 Å². The van der Waals surface area contributed by atoms with Crippen molar-refractivity contribution in [3.8, 4) is 6.07 Å². The second-order valence-electron chi connectivity index (χ2n) is 8.35. The third-order valence-corrected chi connectivity index (χ3v) is 5.73. The van der Waals surface area contributed by atoms with Gasteiger partial charge in [-0.15, -0.1) is 0 Å². The first-order valence-corrected chi connectivity index (χ1v) is 11.0. The molecule has 2 aromatic heterocycles. The summed E-state index contributed by atoms with van der Waals surface area (Å²) < 4.78 is 63.5. The molecule has 2 aliphatic rings. The summed E-state index contributed by atoms with van der Waals surface area (Å²) >= 11 is 0. The Kier molecular flexibility index (Phi) is 9.81. The number of carboxylic acids is 2. The Morgan fingerprint density at radius 1 is 0.974 bits per heavy atom. The fourth-order valence-corrected chi connectivity index (χ4v) is 3.93. The highest BCUT2D eigenvalue weighted by atomic mass is 19.4. The van der Waals surface area contributed by atoms with Crippen LogP contribution in [0.4, 0.5) is 37.8 Å². The average Bonchev–Trinajstić information content (AvgIpc) is 3.19. The van der Waals surface area contributed by atoms with Crippen molar-refractivity contribution in [1.29, 1.82) is 5.26 Å². The molecule has 2 aliphatic heterocycles. The van der Waals surface area contributed by atoms with Crippen molar-refractivity contribution >= 4 is 29.4 Å². The van der Waals surface area contributed by atoms with E-state index in [-0.39, 0.29) is 11.3 Å². The number of piperidine rings is 1. The van der Waals surface area contributed by atoms with Crippen LogP contribution in [0.2, 0.25) is 0 Å². The van der Waals surface area contributed by atoms with Gasteiger partial charge in [0.1, 0.15) is 11.9 Å². The van der Waals surface area contributed by atoms with E-state index in [4.69, 9.17) is 25.1 Å². The zero-order valence-corrected chi connectivity index (χ0v) is 19.9. The van der Waals surface area contributed by atoms with Crippen molar-refractivity contribution in [3.05, 3.63) is 48.4 Å². The van der Waals surface area contributed by atoms with Gasteiger partial charge in [0.25, 0.3) is 0 Å². The maximum absolute atomic E-state index is 13.2. The molecule has 0 bridgehead atoms. The lowest BCUT2D eigenvalue weighted by atomic mass is 9.78. The lowest BCUT2D eigenvalue weighted by Gasteiger charge is -2.39. The van der Waals surface area contributed by atoms with Crippen molar-refractivity contribution in [2.24, 2.45) is 5.41 Å². The highest BCUT2D eigenvalue weighted by Crippen LogP contribution is 2.42. The largest absolute Gasteiger partial charge is 0.490 e. The maximum atomic E-state index is 13.2. The summed E-state index contributed by atoms with van der Waals surface area (Å²) in [6.45, 7) is 2.31. The number of alkyl halides is 6. The minimum absolute atomic E-state index is 0.193. The molecule has 2 saturated heterocycles. The Morgan fingerprint density at radius 3 is 2.05 bits per heavy atom. The Bertz CT molecular complexity index is 1180. The summed E-state index contributed by atoms with van der Waals surface area (Å²) in [6.07, 6.45) is -2.37. The topological polar surface area (TPSA) is 148 Å². The number of amides is 1. The highest BCUT2D eigenvalue weighted by Gasteiger charge is 2.49. The number of aliphatic carboxylic acids is 2. The second-order valence-corrected chi connectivity index (χ2v) is 8.35. The minimum atomic E-state index is -5.08. The molecule has 1 amide bonds. The number of halogens is 6. The summed E-state index contributed by atoms with van der Waals surface area (Å²) in [6, 6.07) is 9.54. The summed E-state index contributed by atoms with van der Waals surface area (Å²) in [5, 5.41) is 23.2. The van der Waals surface area contributed by atoms with Crippen LogP contribution in [-0.2, 0) is 14.4 Å². The molecule has 1 unspecified atom stereocenters. The number of hydrogen-bond donors (Lipinski definition) is 2. The number of carbonyl (C=O) groups excluding carboxylic acids is 1. The van der Waals surface area contributed by atoms with E-state index in [0.717, 1.165) is 43.9 Å². The fourth-order valence-electron chi connectivity index (χ4n) is 3.93. The highest BCUT2D eigenvalue weighted by molar-refractivity contribution is 6.00. The van der Waals surface area contributed by atoms with Crippen LogP contribution in [0.25, 0.3) is 0 Å². The summed E-state index contributed by atoms with van der Waals surface area (Å²) in [7, 11) is 0. The maximum Gasteiger partial charge on any atom is 0.490 e. The molecule has 1 spiro atoms. The van der Waals surface area contributed by atoms with E-state index in [1.807, 2.05) is 23.1 Å². The average molecular weight is 561 g/mol. The van der Waals surface area contributed by atoms with Crippen molar-refractivity contribution < 1.29 is 50.9 Å². The van der Waals surface area contributed by atoms with Crippen LogP contribution in [0.5, 0.6) is 0 Å². The van der Waals surface area contributed by atoms with Gasteiger partial charge in [-0.1, -0.05) is 0 Å². The molecule has 0 aromatic carbocycles. The predicted molar refractivity (Wildman–Crippen MR) is 121 cm³/mol. The zero-order chi connectivity index (χ0) is 29.4. The number of rotatable bonds is 2. The second kappa shape index (κ2) is 12.4. The molecular weight excluding hydrogens is 540 g/mol. The van der Waals surface area contributed by atoms with Gasteiger partial charge in [0, 0.05) is 32.0 Å². The van der Waals surface area contributed by atoms with Crippen molar-refractivity contribution in [2.75, 3.05) is 29.4 Å². The quantitative estimate of drug-likeness (QED) is 0.525. The van der Waals surface area contributed by atoms with Crippen molar-refractivity contribution in [1.82, 2.24) is 9.97 Å². The van der Waals surface area contributed by atoms with E-state index < -0.39 is 24.3 Å². The molecule has 1 atom stereocenters. The molecule has 2 fully saturated rings. The van der Waals surface area contributed by atoms with Crippen molar-refractivity contribution in [2.45, 2.75) is 31.6 Å². The lowest BCUT2D eigenvalue weighted by Crippen LogP contribution is -2.48. The van der Waals surface area contributed by atoms with Crippen LogP contribution in [0.15, 0.2) is 42.9 Å². The summed E-state index contributed by atoms with van der Waals surface area (Å²) in [5.41, 5.74) is 1.08. The van der Waals surface area contributed by atoms with Crippen LogP contribution in [0.3, 0.4) is 0 Å². The number of carboxylic acid groups (broad SMARTS) is 2. The first-order valence-electron chi connectivity index (χ1n) is 11.0. The number of aromatic nitrogens is 2. The number of nitrogens with zero attached hydrogens (tertiary/aromatic N) is 5. The van der Waals surface area contributed by atoms with E-state index in [1.54, 1.807) is 24.7 Å². The van der Waals surface area contributed by atoms with Gasteiger partial charge >= 0.3 is 24.3 Å². The van der Waals surface area contributed by atoms with Gasteiger partial charge in [-0.2, -0.15) is 31.6 Å². The molecule has 210 valence electrons. The van der Waals surface area contributed by atoms with Gasteiger partial charge in [0.05, 0.1) is 22.9 Å². The first-order chi connectivity index (χ1) is 18.1. The molecule has 0 radical (unpaired) electrons. The molecule has 4 rings (SSSR count). The van der Waals surface area contributed by atoms with Crippen LogP contribution >= 0.6 is 0 Å². The molecule has 10 nitrogen and oxygen atoms in total. The zero-order valence-electron chi connectivity index (χ0n) is 19.9. The smallest absolute Gasteiger partial charge is 0.475 e. The van der Waals surface area contributed by atoms with Gasteiger partial charge < -0.3 is 20.0 Å². The van der Waals surface area contributed by atoms with Gasteiger partial charge in [0.2, 0.25) is 5.91 Å². The molecule has 4 heterocycles. The van der Waals surface area contributed by atoms with Gasteiger partial charge in [-0.25, -0.2) is 14.6 Å². The van der Waals surface area contributed by atoms with Gasteiger partial charge in [0.15, 0.2) is 0 Å². The van der Waals surface area contributed by atoms with Gasteiger partial charge in [-0.05, 0) is 43.5 Å². The number of hydrogen-bond acceptors (Lipinski definition) is 7. The third kappa shape index (κ3) is 8.28. The summed E-state index contributed by atoms with van der Waals surface area (Å²) in [4.78, 5) is 43.5. The van der Waals surface area contributed by atoms with Crippen LogP contribution in [0, 0.1) is 16.7 Å². The Labute approximate surface area is 217 Å². The van der Waals surface area contributed by atoms with Crippen LogP contribution in [-0.4, -0.2) is 70.0 Å². The predicted octanol–water partition coefficient (Wildman–Crippen LogP) is 3.64. The van der Waals surface area contributed by atoms with Crippen LogP contribution < -0.4 is 9.80 Å². The molecular formula is C23H21F6N5O5. The van der Waals surface area contributed by atoms with E-state index >= 15 is 0 Å². The number of carbonyl (C=O) groups is 3. The fraction of sp³-hybridized carbons (Fsp3) is 0.391. The van der Waals surface area contributed by atoms with E-state index in [1.165, 1.54) is 0 Å². The molecule has 0 aliphatic carbocycles. The van der Waals surface area contributed by atoms with E-state index in [2.05, 4.69) is 20.9 Å². The van der Waals surface area contributed by atoms with Crippen molar-refractivity contribution in [3.63, 3.8) is 0 Å². The first kappa shape index (κ1) is 30.8. The molecule has 16 heteroatoms. The monoisotopic (exact) mass is 561 g/mol. The number of nitriles is 1. The SMILES string of the molecule is N#Cc1ccc(N2CCCC3(CCN(c4cccnc4)C3=O)C2)nc1.O=C(O)C(F)(F)F.O=C(O)C(F)(F)F. The van der Waals surface area contributed by atoms with Crippen LogP contribution in [0.1, 0.15) is 24.8 Å². The van der Waals surface area contributed by atoms with Gasteiger partial charge in [-0.3, -0.25) is 9.78 Å². The Balaban J connectivity index is 0.000000317. The third-order valence-electron chi connectivity index (χ3n) is 5.73. The summed E-state index contributed by atoms with van der Waals surface area (Å²) in [5.74, 6) is -4.48. The number of anilines is 2. The Hall–Kier alpha value is -4.42. The molecule has 2 N–H and O–H groups in total. The normalized spacial score (nSPS) is 18.8.